The summed E-state index contributed by atoms with van der Waals surface area (Å²) in [6, 6.07) is 13.7. The molecule has 3 heterocycles. The second-order valence-electron chi connectivity index (χ2n) is 6.52. The van der Waals surface area contributed by atoms with Gasteiger partial charge in [-0.05, 0) is 55.3 Å². The van der Waals surface area contributed by atoms with Crippen LogP contribution in [0.5, 0.6) is 0 Å². The molecule has 4 rings (SSSR count). The summed E-state index contributed by atoms with van der Waals surface area (Å²) in [6.07, 6.45) is 3.57. The van der Waals surface area contributed by atoms with Crippen molar-refractivity contribution in [3.05, 3.63) is 71.9 Å². The van der Waals surface area contributed by atoms with Crippen LogP contribution in [0.3, 0.4) is 0 Å². The quantitative estimate of drug-likeness (QED) is 0.785. The van der Waals surface area contributed by atoms with Gasteiger partial charge in [0, 0.05) is 36.5 Å². The molecule has 2 aromatic heterocycles. The highest BCUT2D eigenvalue weighted by atomic mass is 19.1. The first-order valence-electron chi connectivity index (χ1n) is 8.72. The fourth-order valence-corrected chi connectivity index (χ4v) is 3.38. The molecule has 1 aromatic carbocycles. The molecule has 26 heavy (non-hydrogen) atoms. The van der Waals surface area contributed by atoms with Gasteiger partial charge in [-0.15, -0.1) is 0 Å². The number of amides is 1. The highest BCUT2D eigenvalue weighted by Crippen LogP contribution is 2.29. The number of carbonyl (C=O) groups excluding carboxylic acids is 1. The molecule has 132 valence electrons. The molecule has 1 aliphatic rings. The van der Waals surface area contributed by atoms with Crippen molar-refractivity contribution in [1.29, 1.82) is 0 Å². The average Bonchev–Trinajstić information content (AvgIpc) is 3.19. The van der Waals surface area contributed by atoms with Crippen molar-refractivity contribution in [2.75, 3.05) is 13.1 Å². The van der Waals surface area contributed by atoms with E-state index in [0.29, 0.717) is 12.2 Å². The van der Waals surface area contributed by atoms with Crippen molar-refractivity contribution in [1.82, 2.24) is 20.1 Å². The summed E-state index contributed by atoms with van der Waals surface area (Å²) in [5.41, 5.74) is 3.13. The first kappa shape index (κ1) is 16.4. The molecule has 0 saturated carbocycles. The van der Waals surface area contributed by atoms with Gasteiger partial charge in [-0.3, -0.25) is 14.9 Å². The molecule has 1 amide bonds. The summed E-state index contributed by atoms with van der Waals surface area (Å²) >= 11 is 0. The normalized spacial score (nSPS) is 17.3. The summed E-state index contributed by atoms with van der Waals surface area (Å²) in [5, 5.41) is 7.45. The molecule has 1 atom stereocenters. The van der Waals surface area contributed by atoms with E-state index in [2.05, 4.69) is 15.2 Å². The molecular weight excluding hydrogens is 331 g/mol. The summed E-state index contributed by atoms with van der Waals surface area (Å²) in [5.74, 6) is -0.0906. The number of hydrogen-bond donors (Lipinski definition) is 1. The number of nitrogens with one attached hydrogen (secondary N) is 1. The molecule has 0 aliphatic carbocycles. The Morgan fingerprint density at radius 3 is 2.81 bits per heavy atom. The summed E-state index contributed by atoms with van der Waals surface area (Å²) in [6.45, 7) is 1.38. The maximum atomic E-state index is 13.1. The van der Waals surface area contributed by atoms with Crippen LogP contribution in [0.4, 0.5) is 4.39 Å². The van der Waals surface area contributed by atoms with Crippen LogP contribution >= 0.6 is 0 Å². The number of aromatic amines is 1. The van der Waals surface area contributed by atoms with E-state index in [0.717, 1.165) is 36.3 Å². The number of halogens is 1. The van der Waals surface area contributed by atoms with Crippen LogP contribution < -0.4 is 0 Å². The maximum absolute atomic E-state index is 13.1. The highest BCUT2D eigenvalue weighted by Gasteiger charge is 2.27. The first-order chi connectivity index (χ1) is 12.7. The van der Waals surface area contributed by atoms with Gasteiger partial charge in [0.2, 0.25) is 0 Å². The molecule has 0 radical (unpaired) electrons. The Hall–Kier alpha value is -3.02. The first-order valence-corrected chi connectivity index (χ1v) is 8.72. The molecule has 1 fully saturated rings. The third-order valence-electron chi connectivity index (χ3n) is 4.77. The van der Waals surface area contributed by atoms with Crippen LogP contribution in [-0.2, 0) is 0 Å². The van der Waals surface area contributed by atoms with Crippen molar-refractivity contribution in [2.45, 2.75) is 18.8 Å². The molecule has 0 spiro atoms. The molecule has 3 aromatic rings. The molecule has 1 aliphatic heterocycles. The smallest absolute Gasteiger partial charge is 0.272 e. The van der Waals surface area contributed by atoms with E-state index in [-0.39, 0.29) is 17.6 Å². The molecule has 0 bridgehead atoms. The monoisotopic (exact) mass is 350 g/mol. The van der Waals surface area contributed by atoms with E-state index in [1.165, 1.54) is 12.1 Å². The van der Waals surface area contributed by atoms with Gasteiger partial charge in [0.15, 0.2) is 0 Å². The highest BCUT2D eigenvalue weighted by molar-refractivity contribution is 5.92. The minimum atomic E-state index is -0.263. The lowest BCUT2D eigenvalue weighted by Gasteiger charge is -2.32. The number of aromatic nitrogens is 3. The fraction of sp³-hybridized carbons (Fsp3) is 0.250. The van der Waals surface area contributed by atoms with Crippen LogP contribution in [0.15, 0.2) is 54.7 Å². The summed E-state index contributed by atoms with van der Waals surface area (Å²) < 4.78 is 13.1. The Labute approximate surface area is 150 Å². The van der Waals surface area contributed by atoms with Gasteiger partial charge >= 0.3 is 0 Å². The lowest BCUT2D eigenvalue weighted by molar-refractivity contribution is 0.0700. The third kappa shape index (κ3) is 3.35. The lowest BCUT2D eigenvalue weighted by atomic mass is 9.94. The second kappa shape index (κ2) is 7.07. The standard InChI is InChI=1S/C20H19FN4O/c21-16-8-6-14(7-9-16)18-12-19(24-23-18)15-4-3-11-25(13-15)20(26)17-5-1-2-10-22-17/h1-2,5-10,12,15H,3-4,11,13H2,(H,23,24)/t15-/m0/s1. The van der Waals surface area contributed by atoms with E-state index in [1.54, 1.807) is 30.5 Å². The van der Waals surface area contributed by atoms with Gasteiger partial charge in [0.1, 0.15) is 11.5 Å². The van der Waals surface area contributed by atoms with Crippen LogP contribution in [0.25, 0.3) is 11.3 Å². The number of piperidine rings is 1. The number of rotatable bonds is 3. The second-order valence-corrected chi connectivity index (χ2v) is 6.52. The Morgan fingerprint density at radius 1 is 1.19 bits per heavy atom. The van der Waals surface area contributed by atoms with E-state index in [1.807, 2.05) is 17.0 Å². The van der Waals surface area contributed by atoms with Crippen LogP contribution in [-0.4, -0.2) is 39.1 Å². The molecular formula is C20H19FN4O. The Bertz CT molecular complexity index is 892. The van der Waals surface area contributed by atoms with Crippen molar-refractivity contribution < 1.29 is 9.18 Å². The van der Waals surface area contributed by atoms with Gasteiger partial charge in [-0.25, -0.2) is 4.39 Å². The lowest BCUT2D eigenvalue weighted by Crippen LogP contribution is -2.39. The summed E-state index contributed by atoms with van der Waals surface area (Å²) in [7, 11) is 0. The van der Waals surface area contributed by atoms with E-state index in [9.17, 15) is 9.18 Å². The predicted octanol–water partition coefficient (Wildman–Crippen LogP) is 3.63. The van der Waals surface area contributed by atoms with Gasteiger partial charge in [0.25, 0.3) is 5.91 Å². The number of likely N-dealkylation sites (tertiary alicyclic amines) is 1. The number of pyridine rings is 1. The maximum Gasteiger partial charge on any atom is 0.272 e. The minimum absolute atomic E-state index is 0.0337. The predicted molar refractivity (Wildman–Crippen MR) is 96.1 cm³/mol. The van der Waals surface area contributed by atoms with Crippen LogP contribution in [0, 0.1) is 5.82 Å². The average molecular weight is 350 g/mol. The van der Waals surface area contributed by atoms with E-state index < -0.39 is 0 Å². The van der Waals surface area contributed by atoms with E-state index in [4.69, 9.17) is 0 Å². The van der Waals surface area contributed by atoms with E-state index >= 15 is 0 Å². The largest absolute Gasteiger partial charge is 0.337 e. The zero-order valence-corrected chi connectivity index (χ0v) is 14.2. The molecule has 6 heteroatoms. The van der Waals surface area contributed by atoms with Gasteiger partial charge in [0.05, 0.1) is 5.69 Å². The number of H-pyrrole nitrogens is 1. The van der Waals surface area contributed by atoms with Crippen molar-refractivity contribution in [2.24, 2.45) is 0 Å². The fourth-order valence-electron chi connectivity index (χ4n) is 3.38. The Balaban J connectivity index is 1.50. The molecule has 0 unspecified atom stereocenters. The molecule has 1 saturated heterocycles. The van der Waals surface area contributed by atoms with Gasteiger partial charge in [-0.2, -0.15) is 5.10 Å². The number of nitrogens with zero attached hydrogens (tertiary/aromatic N) is 3. The molecule has 5 nitrogen and oxygen atoms in total. The van der Waals surface area contributed by atoms with Gasteiger partial charge < -0.3 is 4.90 Å². The summed E-state index contributed by atoms with van der Waals surface area (Å²) in [4.78, 5) is 18.7. The SMILES string of the molecule is O=C(c1ccccn1)N1CCC[C@H](c2cc(-c3ccc(F)cc3)n[nH]2)C1. The minimum Gasteiger partial charge on any atom is -0.337 e. The zero-order valence-electron chi connectivity index (χ0n) is 14.2. The van der Waals surface area contributed by atoms with Crippen molar-refractivity contribution in [3.8, 4) is 11.3 Å². The number of benzene rings is 1. The third-order valence-corrected chi connectivity index (χ3v) is 4.77. The van der Waals surface area contributed by atoms with Crippen molar-refractivity contribution in [3.63, 3.8) is 0 Å². The Morgan fingerprint density at radius 2 is 2.04 bits per heavy atom. The van der Waals surface area contributed by atoms with Crippen LogP contribution in [0.2, 0.25) is 0 Å². The Kier molecular flexibility index (Phi) is 4.48. The molecule has 1 N–H and O–H groups in total. The number of hydrogen-bond acceptors (Lipinski definition) is 3. The topological polar surface area (TPSA) is 61.9 Å². The van der Waals surface area contributed by atoms with Gasteiger partial charge in [-0.1, -0.05) is 6.07 Å². The number of carbonyl (C=O) groups is 1. The van der Waals surface area contributed by atoms with Crippen molar-refractivity contribution >= 4 is 5.91 Å². The zero-order chi connectivity index (χ0) is 17.9. The van der Waals surface area contributed by atoms with Crippen LogP contribution in [0.1, 0.15) is 34.9 Å².